The van der Waals surface area contributed by atoms with E-state index in [2.05, 4.69) is 69.5 Å². The van der Waals surface area contributed by atoms with E-state index < -0.39 is 0 Å². The van der Waals surface area contributed by atoms with Gasteiger partial charge in [0.25, 0.3) is 0 Å². The van der Waals surface area contributed by atoms with Gasteiger partial charge in [0.15, 0.2) is 0 Å². The van der Waals surface area contributed by atoms with Gasteiger partial charge in [-0.05, 0) is 54.9 Å². The van der Waals surface area contributed by atoms with Crippen LogP contribution in [0, 0.1) is 0 Å². The number of aldehydes is 1. The van der Waals surface area contributed by atoms with Crippen LogP contribution in [-0.2, 0) is 24.3 Å². The summed E-state index contributed by atoms with van der Waals surface area (Å²) in [4.78, 5) is 19.6. The van der Waals surface area contributed by atoms with Gasteiger partial charge in [-0.2, -0.15) is 0 Å². The van der Waals surface area contributed by atoms with Crippen LogP contribution in [0.15, 0.2) is 60.7 Å². The molecule has 0 spiro atoms. The predicted molar refractivity (Wildman–Crippen MR) is 152 cm³/mol. The third-order valence-electron chi connectivity index (χ3n) is 7.89. The summed E-state index contributed by atoms with van der Waals surface area (Å²) in [5.41, 5.74) is 6.97. The van der Waals surface area contributed by atoms with E-state index in [1.165, 1.54) is 16.8 Å². The first-order valence-electron chi connectivity index (χ1n) is 13.4. The van der Waals surface area contributed by atoms with Crippen LogP contribution in [0.1, 0.15) is 28.3 Å². The van der Waals surface area contributed by atoms with Crippen LogP contribution >= 0.6 is 0 Å². The van der Waals surface area contributed by atoms with Crippen LogP contribution < -0.4 is 19.7 Å². The van der Waals surface area contributed by atoms with E-state index in [9.17, 15) is 4.79 Å². The minimum Gasteiger partial charge on any atom is -0.496 e. The minimum absolute atomic E-state index is 0.294. The lowest BCUT2D eigenvalue weighted by Crippen LogP contribution is -2.45. The number of carbonyl (C=O) groups is 1. The Balaban J connectivity index is 1.32. The Morgan fingerprint density at radius 3 is 2.32 bits per heavy atom. The molecule has 0 saturated carbocycles. The average Bonchev–Trinajstić information content (AvgIpc) is 2.97. The van der Waals surface area contributed by atoms with Gasteiger partial charge in [0.05, 0.1) is 20.3 Å². The first-order chi connectivity index (χ1) is 18.6. The molecular formula is C31H38N4O3. The van der Waals surface area contributed by atoms with Crippen molar-refractivity contribution in [2.45, 2.75) is 25.6 Å². The van der Waals surface area contributed by atoms with Crippen LogP contribution in [0.3, 0.4) is 0 Å². The fraction of sp³-hybridized carbons (Fsp3) is 0.387. The molecular weight excluding hydrogens is 476 g/mol. The Labute approximate surface area is 225 Å². The Hall–Kier alpha value is -3.55. The van der Waals surface area contributed by atoms with Gasteiger partial charge >= 0.3 is 0 Å². The first-order valence-corrected chi connectivity index (χ1v) is 13.4. The van der Waals surface area contributed by atoms with Crippen molar-refractivity contribution in [1.29, 1.82) is 0 Å². The molecule has 2 aliphatic heterocycles. The molecule has 200 valence electrons. The molecule has 38 heavy (non-hydrogen) atoms. The molecule has 0 amide bonds. The maximum absolute atomic E-state index is 12.4. The lowest BCUT2D eigenvalue weighted by Gasteiger charge is -2.39. The zero-order chi connectivity index (χ0) is 26.5. The number of nitrogens with zero attached hydrogens (tertiary/aromatic N) is 3. The van der Waals surface area contributed by atoms with Crippen molar-refractivity contribution in [3.05, 3.63) is 82.9 Å². The van der Waals surface area contributed by atoms with Gasteiger partial charge in [-0.25, -0.2) is 0 Å². The molecule has 7 heteroatoms. The third-order valence-corrected chi connectivity index (χ3v) is 7.89. The summed E-state index contributed by atoms with van der Waals surface area (Å²) in [7, 11) is 5.61. The molecule has 0 aliphatic carbocycles. The number of carbonyl (C=O) groups excluding carboxylic acids is 1. The van der Waals surface area contributed by atoms with Crippen molar-refractivity contribution in [2.24, 2.45) is 0 Å². The maximum atomic E-state index is 12.4. The number of rotatable bonds is 9. The number of ether oxygens (including phenoxy) is 2. The monoisotopic (exact) mass is 514 g/mol. The van der Waals surface area contributed by atoms with Crippen LogP contribution in [0.25, 0.3) is 0 Å². The molecule has 0 bridgehead atoms. The van der Waals surface area contributed by atoms with Crippen LogP contribution in [0.2, 0.25) is 0 Å². The topological polar surface area (TPSA) is 57.3 Å². The van der Waals surface area contributed by atoms with E-state index in [0.717, 1.165) is 80.3 Å². The second kappa shape index (κ2) is 11.9. The maximum Gasteiger partial charge on any atom is 0.141 e. The third kappa shape index (κ3) is 5.49. The van der Waals surface area contributed by atoms with E-state index in [1.54, 1.807) is 14.2 Å². The van der Waals surface area contributed by atoms with E-state index in [0.29, 0.717) is 6.54 Å². The van der Waals surface area contributed by atoms with Gasteiger partial charge in [0.2, 0.25) is 0 Å². The number of para-hydroxylation sites is 1. The van der Waals surface area contributed by atoms with Crippen molar-refractivity contribution < 1.29 is 14.3 Å². The number of benzene rings is 3. The average molecular weight is 515 g/mol. The number of fused-ring (bicyclic) bond motifs is 1. The summed E-state index contributed by atoms with van der Waals surface area (Å²) in [6.07, 6.45) is 1.95. The Morgan fingerprint density at radius 2 is 1.61 bits per heavy atom. The molecule has 1 saturated heterocycles. The Bertz CT molecular complexity index is 1240. The highest BCUT2D eigenvalue weighted by Gasteiger charge is 2.30. The highest BCUT2D eigenvalue weighted by molar-refractivity contribution is 5.65. The van der Waals surface area contributed by atoms with Crippen LogP contribution in [0.4, 0.5) is 11.4 Å². The number of piperazine rings is 1. The van der Waals surface area contributed by atoms with Gasteiger partial charge in [-0.3, -0.25) is 4.90 Å². The SMILES string of the molecule is COc1ccccc1CNc1ccc([C@@H](C=O)N2CCc3c(OC)ccc(N4CCN(C)CC4)c3C2)cc1. The van der Waals surface area contributed by atoms with Gasteiger partial charge in [0, 0.05) is 68.3 Å². The number of likely N-dealkylation sites (N-methyl/N-ethyl adjacent to an activating group) is 1. The molecule has 3 aromatic carbocycles. The molecule has 1 N–H and O–H groups in total. The van der Waals surface area contributed by atoms with Crippen molar-refractivity contribution >= 4 is 17.7 Å². The molecule has 5 rings (SSSR count). The summed E-state index contributed by atoms with van der Waals surface area (Å²) < 4.78 is 11.2. The summed E-state index contributed by atoms with van der Waals surface area (Å²) in [5.74, 6) is 1.82. The number of methoxy groups -OCH3 is 2. The number of hydrogen-bond donors (Lipinski definition) is 1. The van der Waals surface area contributed by atoms with Crippen molar-refractivity contribution in [3.63, 3.8) is 0 Å². The quantitative estimate of drug-likeness (QED) is 0.426. The molecule has 7 nitrogen and oxygen atoms in total. The molecule has 2 aliphatic rings. The lowest BCUT2D eigenvalue weighted by atomic mass is 9.93. The summed E-state index contributed by atoms with van der Waals surface area (Å²) in [5, 5.41) is 3.47. The second-order valence-electron chi connectivity index (χ2n) is 10.1. The van der Waals surface area contributed by atoms with Crippen LogP contribution in [-0.4, -0.2) is 70.1 Å². The molecule has 1 fully saturated rings. The molecule has 0 unspecified atom stereocenters. The normalized spacial score (nSPS) is 17.0. The zero-order valence-corrected chi connectivity index (χ0v) is 22.7. The number of nitrogens with one attached hydrogen (secondary N) is 1. The van der Waals surface area contributed by atoms with Crippen LogP contribution in [0.5, 0.6) is 11.5 Å². The largest absolute Gasteiger partial charge is 0.496 e. The van der Waals surface area contributed by atoms with Gasteiger partial charge in [0.1, 0.15) is 17.8 Å². The van der Waals surface area contributed by atoms with E-state index in [-0.39, 0.29) is 6.04 Å². The first kappa shape index (κ1) is 26.1. The predicted octanol–water partition coefficient (Wildman–Crippen LogP) is 4.37. The minimum atomic E-state index is -0.294. The van der Waals surface area contributed by atoms with Crippen molar-refractivity contribution in [2.75, 3.05) is 64.2 Å². The molecule has 2 heterocycles. The Kier molecular flexibility index (Phi) is 8.15. The van der Waals surface area contributed by atoms with Gasteiger partial charge < -0.3 is 29.4 Å². The number of hydrogen-bond acceptors (Lipinski definition) is 7. The lowest BCUT2D eigenvalue weighted by molar-refractivity contribution is -0.113. The molecule has 3 aromatic rings. The fourth-order valence-electron chi connectivity index (χ4n) is 5.64. The van der Waals surface area contributed by atoms with Gasteiger partial charge in [-0.1, -0.05) is 30.3 Å². The zero-order valence-electron chi connectivity index (χ0n) is 22.7. The molecule has 0 aromatic heterocycles. The van der Waals surface area contributed by atoms with Crippen molar-refractivity contribution in [3.8, 4) is 11.5 Å². The standard InChI is InChI=1S/C31H38N4O3/c1-33-16-18-34(19-17-33)28-12-13-31(38-3)26-14-15-35(21-27(26)28)29(22-36)23-8-10-25(11-9-23)32-20-24-6-4-5-7-30(24)37-2/h4-13,22,29,32H,14-21H2,1-3H3/t29-/m1/s1. The van der Waals surface area contributed by atoms with Gasteiger partial charge in [-0.15, -0.1) is 0 Å². The van der Waals surface area contributed by atoms with E-state index in [1.807, 2.05) is 18.2 Å². The smallest absolute Gasteiger partial charge is 0.141 e. The summed E-state index contributed by atoms with van der Waals surface area (Å²) in [6.45, 7) is 6.34. The highest BCUT2D eigenvalue weighted by Crippen LogP contribution is 2.38. The molecule has 1 atom stereocenters. The summed E-state index contributed by atoms with van der Waals surface area (Å²) >= 11 is 0. The second-order valence-corrected chi connectivity index (χ2v) is 10.1. The highest BCUT2D eigenvalue weighted by atomic mass is 16.5. The van der Waals surface area contributed by atoms with E-state index >= 15 is 0 Å². The fourth-order valence-corrected chi connectivity index (χ4v) is 5.64. The molecule has 0 radical (unpaired) electrons. The van der Waals surface area contributed by atoms with Crippen molar-refractivity contribution in [1.82, 2.24) is 9.80 Å². The summed E-state index contributed by atoms with van der Waals surface area (Å²) in [6, 6.07) is 20.3. The Morgan fingerprint density at radius 1 is 0.868 bits per heavy atom. The van der Waals surface area contributed by atoms with E-state index in [4.69, 9.17) is 9.47 Å². The number of anilines is 2.